The highest BCUT2D eigenvalue weighted by atomic mass is 32.1. The van der Waals surface area contributed by atoms with E-state index in [4.69, 9.17) is 17.9 Å². The standard InChI is InChI=1S/3C9H15N.4C8H13NO.4C8H13NS/c1-7-5-8(6-10-7)9(2,3)4;1-7-8(5-6-10-7)9(2,3)4;1-7-5-6-8(10-7)9(2,3)4;1-6-9-7(5-10-6)8(2,3)4;1-6-9-5-7(10-6)8(2,3)4;1-6-7(5-10-9-6)8(2,3)4;1-6-5-7(10-9-6)8(2,3)4;1-6-9-7(5-10-6)8(2,3)4;1-6-9-5-7(10-6)8(2,3)4;1-6-7(5-10-9-6)8(2,3)4;1-6-5-7(10-9-6)8(2,3)4/h2*5H,6H2,1-4H3;6H,5H2,1-4H3;8*5H,1-4H3. The Balaban J connectivity index is 0.000000605. The van der Waals surface area contributed by atoms with Crippen molar-refractivity contribution in [1.29, 1.82) is 0 Å². The predicted octanol–water partition coefficient (Wildman–Crippen LogP) is 27.8. The molecule has 8 aromatic heterocycles. The summed E-state index contributed by atoms with van der Waals surface area (Å²) < 4.78 is 28.8. The third-order valence-electron chi connectivity index (χ3n) is 16.7. The fourth-order valence-electron chi connectivity index (χ4n) is 9.67. The maximum absolute atomic E-state index is 5.34. The van der Waals surface area contributed by atoms with Gasteiger partial charge in [0.25, 0.3) is 0 Å². The van der Waals surface area contributed by atoms with Crippen molar-refractivity contribution in [3.63, 3.8) is 0 Å². The van der Waals surface area contributed by atoms with E-state index in [0.29, 0.717) is 5.41 Å². The second kappa shape index (κ2) is 42.1. The van der Waals surface area contributed by atoms with Crippen LogP contribution in [0.2, 0.25) is 0 Å². The van der Waals surface area contributed by atoms with Crippen LogP contribution in [0.25, 0.3) is 0 Å². The van der Waals surface area contributed by atoms with Gasteiger partial charge in [0.2, 0.25) is 0 Å². The lowest BCUT2D eigenvalue weighted by Crippen LogP contribution is -2.13. The number of oxazole rings is 2. The maximum atomic E-state index is 5.34. The average molecular weight is 1590 g/mol. The summed E-state index contributed by atoms with van der Waals surface area (Å²) in [7, 11) is 0. The van der Waals surface area contributed by atoms with Crippen LogP contribution < -0.4 is 0 Å². The smallest absolute Gasteiger partial charge is 0.191 e. The second-order valence-electron chi connectivity index (χ2n) is 39.8. The Morgan fingerprint density at radius 3 is 1.20 bits per heavy atom. The SMILES string of the molecule is CC1=NC(C(C)(C)C)=CC1.CC1=NCC(C(C)(C)C)=C1.CC1=NCC=C1C(C)(C)C.Cc1cc(C(C)(C)C)on1.Cc1cc(C(C)(C)C)sn1.Cc1nc(C(C)(C)C)co1.Cc1nc(C(C)(C)C)cs1.Cc1ncc(C(C)(C)C)o1.Cc1ncc(C(C)(C)C)s1.Cc1nocc1C(C)(C)C.Cc1nscc1C(C)(C)C. The van der Waals surface area contributed by atoms with Gasteiger partial charge in [-0.2, -0.15) is 8.75 Å². The molecule has 0 radical (unpaired) electrons. The fourth-order valence-corrected chi connectivity index (χ4v) is 13.1. The number of aryl methyl sites for hydroxylation is 8. The molecular formula is C91H149N11O4S4. The molecule has 0 saturated carbocycles. The van der Waals surface area contributed by atoms with Gasteiger partial charge in [-0.1, -0.05) is 251 Å². The molecule has 0 spiro atoms. The van der Waals surface area contributed by atoms with Crippen LogP contribution in [0.5, 0.6) is 0 Å². The predicted molar refractivity (Wildman–Crippen MR) is 478 cm³/mol. The summed E-state index contributed by atoms with van der Waals surface area (Å²) in [5, 5.41) is 14.2. The Morgan fingerprint density at radius 1 is 0.436 bits per heavy atom. The van der Waals surface area contributed by atoms with Gasteiger partial charge in [0.1, 0.15) is 24.0 Å². The van der Waals surface area contributed by atoms with Gasteiger partial charge in [0, 0.05) is 109 Å². The third-order valence-corrected chi connectivity index (χ3v) is 20.8. The van der Waals surface area contributed by atoms with Gasteiger partial charge in [-0.25, -0.2) is 19.9 Å². The Morgan fingerprint density at radius 2 is 1.00 bits per heavy atom. The number of hydrogen-bond acceptors (Lipinski definition) is 19. The third kappa shape index (κ3) is 39.4. The zero-order chi connectivity index (χ0) is 85.5. The monoisotopic (exact) mass is 1590 g/mol. The van der Waals surface area contributed by atoms with Crippen LogP contribution in [0.1, 0.15) is 344 Å². The molecule has 15 nitrogen and oxygen atoms in total. The molecule has 11 heterocycles. The number of nitrogens with zero attached hydrogens (tertiary/aromatic N) is 11. The minimum atomic E-state index is 0.0846. The van der Waals surface area contributed by atoms with E-state index in [1.807, 2.05) is 60.7 Å². The summed E-state index contributed by atoms with van der Waals surface area (Å²) >= 11 is 6.65. The lowest BCUT2D eigenvalue weighted by Gasteiger charge is -2.20. The fraction of sp³-hybridized carbons (Fsp3) is 0.637. The average Bonchev–Trinajstić information content (AvgIpc) is 1.54. The van der Waals surface area contributed by atoms with Crippen molar-refractivity contribution in [1.82, 2.24) is 39.0 Å². The lowest BCUT2D eigenvalue weighted by molar-refractivity contribution is 0.327. The zero-order valence-corrected chi connectivity index (χ0v) is 80.4. The molecule has 0 atom stereocenters. The molecule has 616 valence electrons. The molecule has 0 bridgehead atoms. The first-order valence-corrected chi connectivity index (χ1v) is 42.0. The first-order valence-electron chi connectivity index (χ1n) is 38.7. The zero-order valence-electron chi connectivity index (χ0n) is 77.2. The number of hydrogen-bond donors (Lipinski definition) is 0. The summed E-state index contributed by atoms with van der Waals surface area (Å²) in [6.45, 7) is 95.6. The molecule has 3 aliphatic heterocycles. The number of rotatable bonds is 0. The van der Waals surface area contributed by atoms with Crippen LogP contribution in [-0.4, -0.2) is 69.2 Å². The molecule has 0 saturated heterocycles. The molecule has 0 fully saturated rings. The number of aliphatic imine (C=N–C) groups is 3. The summed E-state index contributed by atoms with van der Waals surface area (Å²) in [4.78, 5) is 32.6. The summed E-state index contributed by atoms with van der Waals surface area (Å²) in [6.07, 6.45) is 14.9. The highest BCUT2D eigenvalue weighted by Gasteiger charge is 2.26. The minimum absolute atomic E-state index is 0.0846. The van der Waals surface area contributed by atoms with Gasteiger partial charge in [-0.3, -0.25) is 15.0 Å². The molecule has 0 unspecified atom stereocenters. The molecule has 0 N–H and O–H groups in total. The van der Waals surface area contributed by atoms with Gasteiger partial charge in [-0.15, -0.1) is 22.7 Å². The van der Waals surface area contributed by atoms with Crippen molar-refractivity contribution in [3.8, 4) is 0 Å². The van der Waals surface area contributed by atoms with Crippen molar-refractivity contribution in [2.45, 2.75) is 354 Å². The van der Waals surface area contributed by atoms with Gasteiger partial charge in [0.15, 0.2) is 11.8 Å². The van der Waals surface area contributed by atoms with E-state index in [9.17, 15) is 0 Å². The van der Waals surface area contributed by atoms with Crippen molar-refractivity contribution >= 4 is 62.9 Å². The quantitative estimate of drug-likeness (QED) is 0.140. The van der Waals surface area contributed by atoms with Gasteiger partial charge in [-0.05, 0) is 147 Å². The number of thiazole rings is 2. The van der Waals surface area contributed by atoms with Crippen LogP contribution in [0.15, 0.2) is 116 Å². The molecule has 19 heteroatoms. The second-order valence-corrected chi connectivity index (χ2v) is 43.6. The molecule has 3 aliphatic rings. The maximum Gasteiger partial charge on any atom is 0.191 e. The van der Waals surface area contributed by atoms with Crippen molar-refractivity contribution < 1.29 is 17.9 Å². The summed E-state index contributed by atoms with van der Waals surface area (Å²) in [6, 6.07) is 4.13. The normalized spacial score (nSPS) is 13.9. The molecule has 8 aromatic rings. The van der Waals surface area contributed by atoms with Gasteiger partial charge >= 0.3 is 0 Å². The van der Waals surface area contributed by atoms with Crippen LogP contribution in [0, 0.1) is 71.6 Å². The van der Waals surface area contributed by atoms with E-state index in [2.05, 4.69) is 345 Å². The van der Waals surface area contributed by atoms with Crippen LogP contribution in [0.3, 0.4) is 0 Å². The first-order chi connectivity index (χ1) is 49.5. The lowest BCUT2D eigenvalue weighted by atomic mass is 9.84. The minimum Gasteiger partial charge on any atom is -0.449 e. The largest absolute Gasteiger partial charge is 0.449 e. The Bertz CT molecular complexity index is 3770. The molecular weight excluding hydrogens is 1440 g/mol. The van der Waals surface area contributed by atoms with Crippen LogP contribution in [-0.2, 0) is 43.3 Å². The summed E-state index contributed by atoms with van der Waals surface area (Å²) in [5.41, 5.74) is 19.0. The number of aromatic nitrogens is 8. The van der Waals surface area contributed by atoms with Crippen molar-refractivity contribution in [2.75, 3.05) is 13.1 Å². The van der Waals surface area contributed by atoms with E-state index in [1.165, 1.54) is 66.2 Å². The number of allylic oxidation sites excluding steroid dienone is 4. The molecule has 11 rings (SSSR count). The van der Waals surface area contributed by atoms with Gasteiger partial charge in [0.05, 0.1) is 63.5 Å². The molecule has 0 aliphatic carbocycles. The van der Waals surface area contributed by atoms with E-state index in [-0.39, 0.29) is 54.1 Å². The van der Waals surface area contributed by atoms with Crippen molar-refractivity contribution in [3.05, 3.63) is 171 Å². The first kappa shape index (κ1) is 102. The molecule has 110 heavy (non-hydrogen) atoms. The topological polar surface area (TPSA) is 193 Å². The van der Waals surface area contributed by atoms with E-state index in [0.717, 1.165) is 75.6 Å². The molecule has 0 amide bonds. The van der Waals surface area contributed by atoms with E-state index in [1.54, 1.807) is 64.5 Å². The van der Waals surface area contributed by atoms with Crippen LogP contribution >= 0.6 is 45.7 Å². The van der Waals surface area contributed by atoms with Crippen LogP contribution in [0.4, 0.5) is 0 Å². The van der Waals surface area contributed by atoms with Gasteiger partial charge < -0.3 is 17.9 Å². The Kier molecular flexibility index (Phi) is 38.9. The van der Waals surface area contributed by atoms with Crippen molar-refractivity contribution in [2.24, 2.45) is 31.2 Å². The highest BCUT2D eigenvalue weighted by molar-refractivity contribution is 7.11. The Labute approximate surface area is 685 Å². The van der Waals surface area contributed by atoms with E-state index < -0.39 is 0 Å². The Hall–Kier alpha value is -6.41. The molecule has 0 aromatic carbocycles. The van der Waals surface area contributed by atoms with E-state index >= 15 is 0 Å². The highest BCUT2D eigenvalue weighted by Crippen LogP contribution is 2.34. The summed E-state index contributed by atoms with van der Waals surface area (Å²) in [5.74, 6) is 3.38.